The minimum absolute atomic E-state index is 0. The Hall–Kier alpha value is -1.73. The summed E-state index contributed by atoms with van der Waals surface area (Å²) in [6, 6.07) is 14.2. The van der Waals surface area contributed by atoms with E-state index in [1.54, 1.807) is 11.1 Å². The van der Waals surface area contributed by atoms with Crippen molar-refractivity contribution < 1.29 is 16.5 Å². The predicted octanol–water partition coefficient (Wildman–Crippen LogP) is 15.0. The summed E-state index contributed by atoms with van der Waals surface area (Å²) in [5.74, 6) is 0. The quantitative estimate of drug-likeness (QED) is 0.0479. The molecular formula is C45H74N2Ni. The van der Waals surface area contributed by atoms with Crippen molar-refractivity contribution in [3.05, 3.63) is 58.7 Å². The van der Waals surface area contributed by atoms with E-state index in [0.717, 1.165) is 30.6 Å². The predicted molar refractivity (Wildman–Crippen MR) is 213 cm³/mol. The molecule has 0 aliphatic heterocycles. The van der Waals surface area contributed by atoms with E-state index in [-0.39, 0.29) is 16.5 Å². The van der Waals surface area contributed by atoms with Gasteiger partial charge in [0.15, 0.2) is 0 Å². The van der Waals surface area contributed by atoms with Crippen molar-refractivity contribution in [3.63, 3.8) is 0 Å². The SMILES string of the molecule is CCCCCCCCC(=N\c1ccc(CCCCC)c(CCCCC)c1)/C(CCC)=N/c1ccc(CCCCC)c(CCCCC)c1.[Ni]. The summed E-state index contributed by atoms with van der Waals surface area (Å²) in [4.78, 5) is 10.9. The maximum Gasteiger partial charge on any atom is 0.0636 e. The van der Waals surface area contributed by atoms with Gasteiger partial charge in [-0.2, -0.15) is 0 Å². The van der Waals surface area contributed by atoms with Crippen LogP contribution in [0.25, 0.3) is 0 Å². The number of hydrogen-bond donors (Lipinski definition) is 0. The van der Waals surface area contributed by atoms with E-state index in [1.807, 2.05) is 0 Å². The molecule has 0 aromatic heterocycles. The van der Waals surface area contributed by atoms with Gasteiger partial charge >= 0.3 is 0 Å². The van der Waals surface area contributed by atoms with Gasteiger partial charge in [-0.15, -0.1) is 0 Å². The molecule has 3 heteroatoms. The second-order valence-corrected chi connectivity index (χ2v) is 14.1. The van der Waals surface area contributed by atoms with E-state index < -0.39 is 0 Å². The first-order valence-electron chi connectivity index (χ1n) is 20.5. The molecule has 2 aromatic carbocycles. The Morgan fingerprint density at radius 2 is 0.729 bits per heavy atom. The van der Waals surface area contributed by atoms with Crippen molar-refractivity contribution in [2.45, 2.75) is 202 Å². The van der Waals surface area contributed by atoms with Gasteiger partial charge in [0.2, 0.25) is 0 Å². The molecule has 274 valence electrons. The fourth-order valence-corrected chi connectivity index (χ4v) is 6.73. The van der Waals surface area contributed by atoms with Gasteiger partial charge in [-0.1, -0.05) is 144 Å². The van der Waals surface area contributed by atoms with E-state index in [0.29, 0.717) is 0 Å². The summed E-state index contributed by atoms with van der Waals surface area (Å²) in [5, 5.41) is 0. The topological polar surface area (TPSA) is 24.7 Å². The van der Waals surface area contributed by atoms with E-state index in [2.05, 4.69) is 77.9 Å². The van der Waals surface area contributed by atoms with Crippen molar-refractivity contribution in [1.29, 1.82) is 0 Å². The second-order valence-electron chi connectivity index (χ2n) is 14.1. The molecule has 0 radical (unpaired) electrons. The van der Waals surface area contributed by atoms with Gasteiger partial charge in [0, 0.05) is 16.5 Å². The Bertz CT molecular complexity index is 1150. The summed E-state index contributed by atoms with van der Waals surface area (Å²) < 4.78 is 0. The van der Waals surface area contributed by atoms with Crippen LogP contribution in [0.4, 0.5) is 11.4 Å². The molecule has 0 atom stereocenters. The van der Waals surface area contributed by atoms with E-state index >= 15 is 0 Å². The zero-order chi connectivity index (χ0) is 34.0. The summed E-state index contributed by atoms with van der Waals surface area (Å²) in [6.07, 6.45) is 31.1. The summed E-state index contributed by atoms with van der Waals surface area (Å²) in [6.45, 7) is 13.8. The Morgan fingerprint density at radius 3 is 1.15 bits per heavy atom. The Kier molecular flexibility index (Phi) is 26.8. The van der Waals surface area contributed by atoms with Gasteiger partial charge in [-0.3, -0.25) is 9.98 Å². The zero-order valence-corrected chi connectivity index (χ0v) is 33.3. The van der Waals surface area contributed by atoms with Gasteiger partial charge in [-0.25, -0.2) is 0 Å². The molecular weight excluding hydrogens is 627 g/mol. The smallest absolute Gasteiger partial charge is 0.0636 e. The van der Waals surface area contributed by atoms with Gasteiger partial charge in [0.25, 0.3) is 0 Å². The minimum atomic E-state index is 0. The van der Waals surface area contributed by atoms with Gasteiger partial charge in [-0.05, 0) is 117 Å². The molecule has 0 N–H and O–H groups in total. The van der Waals surface area contributed by atoms with Crippen LogP contribution in [0.15, 0.2) is 46.4 Å². The molecule has 0 saturated carbocycles. The first kappa shape index (κ1) is 44.3. The van der Waals surface area contributed by atoms with Crippen LogP contribution in [-0.4, -0.2) is 11.4 Å². The monoisotopic (exact) mass is 701 g/mol. The first-order chi connectivity index (χ1) is 23.1. The van der Waals surface area contributed by atoms with Gasteiger partial charge < -0.3 is 0 Å². The maximum atomic E-state index is 5.47. The summed E-state index contributed by atoms with van der Waals surface area (Å²) >= 11 is 0. The van der Waals surface area contributed by atoms with Crippen LogP contribution in [0.5, 0.6) is 0 Å². The number of unbranched alkanes of at least 4 members (excludes halogenated alkanes) is 13. The van der Waals surface area contributed by atoms with Gasteiger partial charge in [0.1, 0.15) is 0 Å². The van der Waals surface area contributed by atoms with Gasteiger partial charge in [0.05, 0.1) is 22.8 Å². The average molecular weight is 702 g/mol. The van der Waals surface area contributed by atoms with E-state index in [1.165, 1.54) is 164 Å². The molecule has 0 unspecified atom stereocenters. The van der Waals surface area contributed by atoms with Crippen LogP contribution in [-0.2, 0) is 42.2 Å². The van der Waals surface area contributed by atoms with Crippen molar-refractivity contribution in [3.8, 4) is 0 Å². The number of hydrogen-bond acceptors (Lipinski definition) is 2. The van der Waals surface area contributed by atoms with Crippen LogP contribution in [0.2, 0.25) is 0 Å². The number of benzene rings is 2. The maximum absolute atomic E-state index is 5.47. The van der Waals surface area contributed by atoms with Crippen LogP contribution in [0, 0.1) is 0 Å². The molecule has 0 saturated heterocycles. The Morgan fingerprint density at radius 1 is 0.375 bits per heavy atom. The third kappa shape index (κ3) is 18.3. The first-order valence-corrected chi connectivity index (χ1v) is 20.5. The fourth-order valence-electron chi connectivity index (χ4n) is 6.73. The van der Waals surface area contributed by atoms with Crippen molar-refractivity contribution in [2.75, 3.05) is 0 Å². The van der Waals surface area contributed by atoms with Crippen LogP contribution in [0.1, 0.15) is 199 Å². The van der Waals surface area contributed by atoms with Crippen LogP contribution in [0.3, 0.4) is 0 Å². The summed E-state index contributed by atoms with van der Waals surface area (Å²) in [5.41, 5.74) is 10.8. The largest absolute Gasteiger partial charge is 0.252 e. The standard InChI is InChI=1S/C45H74N2.Ni/c1-7-13-18-19-20-25-31-45(47-43-35-33-39(28-22-15-9-3)41(37-43)30-24-17-11-5)44(26-12-6)46-42-34-32-38(27-21-14-8-2)40(36-42)29-23-16-10-4;/h32-37H,7-31H2,1-6H3;/b46-44+,47-45+;. The zero-order valence-electron chi connectivity index (χ0n) is 32.4. The third-order valence-corrected chi connectivity index (χ3v) is 9.69. The Labute approximate surface area is 308 Å². The van der Waals surface area contributed by atoms with E-state index in [9.17, 15) is 0 Å². The molecule has 0 aliphatic rings. The normalized spacial score (nSPS) is 12.0. The van der Waals surface area contributed by atoms with Crippen molar-refractivity contribution in [1.82, 2.24) is 0 Å². The molecule has 0 amide bonds. The molecule has 2 rings (SSSR count). The molecule has 0 spiro atoms. The molecule has 0 aliphatic carbocycles. The summed E-state index contributed by atoms with van der Waals surface area (Å²) in [7, 11) is 0. The Balaban J connectivity index is 0.0000115. The number of aliphatic imine (C=N–C) groups is 2. The van der Waals surface area contributed by atoms with Crippen LogP contribution < -0.4 is 0 Å². The van der Waals surface area contributed by atoms with Crippen molar-refractivity contribution in [2.24, 2.45) is 9.98 Å². The van der Waals surface area contributed by atoms with Crippen LogP contribution >= 0.6 is 0 Å². The average Bonchev–Trinajstić information content (AvgIpc) is 3.07. The molecule has 0 fully saturated rings. The molecule has 48 heavy (non-hydrogen) atoms. The molecule has 2 nitrogen and oxygen atoms in total. The minimum Gasteiger partial charge on any atom is -0.252 e. The molecule has 0 bridgehead atoms. The number of nitrogens with zero attached hydrogens (tertiary/aromatic N) is 2. The third-order valence-electron chi connectivity index (χ3n) is 9.69. The number of rotatable bonds is 28. The van der Waals surface area contributed by atoms with E-state index in [4.69, 9.17) is 9.98 Å². The molecule has 0 heterocycles. The van der Waals surface area contributed by atoms with Crippen molar-refractivity contribution >= 4 is 22.8 Å². The number of aryl methyl sites for hydroxylation is 4. The fraction of sp³-hybridized carbons (Fsp3) is 0.689. The molecule has 2 aromatic rings. The second kappa shape index (κ2) is 29.0.